The molecule has 3 rings (SSSR count). The molecule has 3 aromatic carbocycles. The van der Waals surface area contributed by atoms with Crippen molar-refractivity contribution >= 4 is 0 Å². The number of benzene rings is 3. The molecule has 0 spiro atoms. The molecule has 0 aliphatic carbocycles. The monoisotopic (exact) mass is 512 g/mol. The Morgan fingerprint density at radius 3 is 2.08 bits per heavy atom. The Labute approximate surface area is 205 Å². The average Bonchev–Trinajstić information content (AvgIpc) is 2.82. The topological polar surface area (TPSA) is 49.7 Å². The maximum absolute atomic E-state index is 13.4. The molecule has 0 unspecified atom stereocenters. The highest BCUT2D eigenvalue weighted by molar-refractivity contribution is 5.72. The molecule has 0 saturated carbocycles. The highest BCUT2D eigenvalue weighted by Crippen LogP contribution is 2.50. The van der Waals surface area contributed by atoms with Gasteiger partial charge in [0.25, 0.3) is 5.60 Å². The highest BCUT2D eigenvalue weighted by Gasteiger charge is 2.71. The highest BCUT2D eigenvalue weighted by atomic mass is 19.4. The van der Waals surface area contributed by atoms with E-state index >= 15 is 0 Å². The number of aliphatic hydroxyl groups excluding tert-OH is 1. The summed E-state index contributed by atoms with van der Waals surface area (Å²) in [5, 5.41) is 19.1. The van der Waals surface area contributed by atoms with Crippen molar-refractivity contribution in [2.24, 2.45) is 0 Å². The lowest BCUT2D eigenvalue weighted by atomic mass is 9.86. The molecule has 2 N–H and O–H groups in total. The van der Waals surface area contributed by atoms with Crippen LogP contribution in [-0.4, -0.2) is 22.6 Å². The quantitative estimate of drug-likeness (QED) is 0.320. The summed E-state index contributed by atoms with van der Waals surface area (Å²) in [5.41, 5.74) is -2.67. The summed E-state index contributed by atoms with van der Waals surface area (Å²) >= 11 is 0. The Hall–Kier alpha value is -3.04. The van der Waals surface area contributed by atoms with E-state index in [2.05, 4.69) is 0 Å². The predicted molar refractivity (Wildman–Crippen MR) is 123 cm³/mol. The van der Waals surface area contributed by atoms with Crippen LogP contribution in [0.3, 0.4) is 0 Å². The van der Waals surface area contributed by atoms with Crippen LogP contribution in [0.15, 0.2) is 60.7 Å². The third kappa shape index (κ3) is 5.52. The Kier molecular flexibility index (Phi) is 8.05. The molecular formula is C27H26F6O3. The summed E-state index contributed by atoms with van der Waals surface area (Å²) in [5.74, 6) is 0.457. The van der Waals surface area contributed by atoms with Gasteiger partial charge in [-0.2, -0.15) is 26.3 Å². The second-order valence-electron chi connectivity index (χ2n) is 8.57. The number of alkyl halides is 6. The second-order valence-corrected chi connectivity index (χ2v) is 8.57. The molecule has 0 atom stereocenters. The van der Waals surface area contributed by atoms with E-state index in [9.17, 15) is 36.6 Å². The van der Waals surface area contributed by atoms with E-state index in [4.69, 9.17) is 4.74 Å². The molecule has 3 nitrogen and oxygen atoms in total. The molecule has 36 heavy (non-hydrogen) atoms. The molecule has 0 aliphatic heterocycles. The van der Waals surface area contributed by atoms with Crippen LogP contribution in [0.1, 0.15) is 41.2 Å². The van der Waals surface area contributed by atoms with Crippen LogP contribution < -0.4 is 4.74 Å². The molecule has 0 bridgehead atoms. The number of hydrogen-bond acceptors (Lipinski definition) is 3. The van der Waals surface area contributed by atoms with Crippen molar-refractivity contribution in [1.29, 1.82) is 0 Å². The van der Waals surface area contributed by atoms with Gasteiger partial charge < -0.3 is 14.9 Å². The predicted octanol–water partition coefficient (Wildman–Crippen LogP) is 7.00. The maximum Gasteiger partial charge on any atom is 0.430 e. The fourth-order valence-corrected chi connectivity index (χ4v) is 4.01. The van der Waals surface area contributed by atoms with Gasteiger partial charge in [-0.05, 0) is 58.9 Å². The van der Waals surface area contributed by atoms with Crippen LogP contribution in [0.4, 0.5) is 26.3 Å². The van der Waals surface area contributed by atoms with Crippen molar-refractivity contribution in [2.75, 3.05) is 0 Å². The van der Waals surface area contributed by atoms with Crippen molar-refractivity contribution < 1.29 is 41.3 Å². The fraction of sp³-hybridized carbons (Fsp3) is 0.333. The molecule has 0 fully saturated rings. The van der Waals surface area contributed by atoms with Gasteiger partial charge in [0.1, 0.15) is 12.4 Å². The van der Waals surface area contributed by atoms with Gasteiger partial charge in [0, 0.05) is 5.56 Å². The van der Waals surface area contributed by atoms with Crippen LogP contribution in [-0.2, 0) is 25.2 Å². The van der Waals surface area contributed by atoms with Gasteiger partial charge in [-0.25, -0.2) is 0 Å². The Morgan fingerprint density at radius 2 is 1.47 bits per heavy atom. The number of rotatable bonds is 8. The number of aliphatic hydroxyl groups is 2. The zero-order valence-corrected chi connectivity index (χ0v) is 19.7. The van der Waals surface area contributed by atoms with E-state index in [1.165, 1.54) is 6.07 Å². The average molecular weight is 512 g/mol. The molecule has 194 valence electrons. The molecule has 9 heteroatoms. The van der Waals surface area contributed by atoms with E-state index in [-0.39, 0.29) is 25.2 Å². The smallest absolute Gasteiger partial charge is 0.430 e. The molecule has 0 heterocycles. The lowest BCUT2D eigenvalue weighted by Crippen LogP contribution is -2.53. The standard InChI is InChI=1S/C27H26F6O3/c1-3-5-20-13-21(25(35,26(28,29)30)27(31,32)33)9-11-23(20)24-14-22(10-8-17(24)2)36-16-19-7-4-6-18(12-19)15-34/h4,6-14,34-35H,3,5,15-16H2,1-2H3. The van der Waals surface area contributed by atoms with Crippen LogP contribution in [0, 0.1) is 6.92 Å². The molecule has 0 saturated heterocycles. The van der Waals surface area contributed by atoms with Gasteiger partial charge in [-0.1, -0.05) is 61.9 Å². The minimum atomic E-state index is -5.95. The van der Waals surface area contributed by atoms with Crippen LogP contribution in [0.25, 0.3) is 11.1 Å². The SMILES string of the molecule is CCCc1cc(C(O)(C(F)(F)F)C(F)(F)F)ccc1-c1cc(OCc2cccc(CO)c2)ccc1C. The molecule has 0 aliphatic rings. The van der Waals surface area contributed by atoms with Gasteiger partial charge in [-0.3, -0.25) is 0 Å². The normalized spacial score (nSPS) is 12.6. The lowest BCUT2D eigenvalue weighted by molar-refractivity contribution is -0.376. The van der Waals surface area contributed by atoms with Gasteiger partial charge >= 0.3 is 12.4 Å². The van der Waals surface area contributed by atoms with Crippen LogP contribution >= 0.6 is 0 Å². The van der Waals surface area contributed by atoms with Crippen LogP contribution in [0.2, 0.25) is 0 Å². The van der Waals surface area contributed by atoms with E-state index in [1.54, 1.807) is 50.2 Å². The van der Waals surface area contributed by atoms with Crippen molar-refractivity contribution in [3.05, 3.63) is 88.5 Å². The Balaban J connectivity index is 2.02. The minimum absolute atomic E-state index is 0.115. The molecular weight excluding hydrogens is 486 g/mol. The summed E-state index contributed by atoms with van der Waals surface area (Å²) in [4.78, 5) is 0. The first-order chi connectivity index (χ1) is 16.8. The van der Waals surface area contributed by atoms with Crippen molar-refractivity contribution in [3.63, 3.8) is 0 Å². The summed E-state index contributed by atoms with van der Waals surface area (Å²) < 4.78 is 86.4. The van der Waals surface area contributed by atoms with Crippen molar-refractivity contribution in [1.82, 2.24) is 0 Å². The van der Waals surface area contributed by atoms with E-state index < -0.39 is 23.5 Å². The number of hydrogen-bond donors (Lipinski definition) is 2. The first kappa shape index (κ1) is 27.5. The van der Waals surface area contributed by atoms with Gasteiger partial charge in [0.2, 0.25) is 0 Å². The van der Waals surface area contributed by atoms with Gasteiger partial charge in [0.05, 0.1) is 6.61 Å². The summed E-state index contributed by atoms with van der Waals surface area (Å²) in [6, 6.07) is 14.9. The van der Waals surface area contributed by atoms with Crippen molar-refractivity contribution in [3.8, 4) is 16.9 Å². The van der Waals surface area contributed by atoms with Gasteiger partial charge in [0.15, 0.2) is 0 Å². The molecule has 3 aromatic rings. The summed E-state index contributed by atoms with van der Waals surface area (Å²) in [6.07, 6.45) is -11.2. The van der Waals surface area contributed by atoms with E-state index in [0.717, 1.165) is 22.8 Å². The second kappa shape index (κ2) is 10.5. The zero-order chi connectivity index (χ0) is 26.7. The Bertz CT molecular complexity index is 1190. The number of halogens is 6. The van der Waals surface area contributed by atoms with E-state index in [1.807, 2.05) is 6.07 Å². The largest absolute Gasteiger partial charge is 0.489 e. The summed E-state index contributed by atoms with van der Waals surface area (Å²) in [6.45, 7) is 3.61. The zero-order valence-electron chi connectivity index (χ0n) is 19.7. The summed E-state index contributed by atoms with van der Waals surface area (Å²) in [7, 11) is 0. The lowest BCUT2D eigenvalue weighted by Gasteiger charge is -2.33. The van der Waals surface area contributed by atoms with E-state index in [0.29, 0.717) is 29.4 Å². The molecule has 0 radical (unpaired) electrons. The maximum atomic E-state index is 13.4. The number of ether oxygens (including phenoxy) is 1. The van der Waals surface area contributed by atoms with Crippen molar-refractivity contribution in [2.45, 2.75) is 57.9 Å². The number of aryl methyl sites for hydroxylation is 2. The third-order valence-corrected chi connectivity index (χ3v) is 5.94. The fourth-order valence-electron chi connectivity index (χ4n) is 4.01. The molecule has 0 aromatic heterocycles. The van der Waals surface area contributed by atoms with Crippen LogP contribution in [0.5, 0.6) is 5.75 Å². The first-order valence-electron chi connectivity index (χ1n) is 11.2. The Morgan fingerprint density at radius 1 is 0.806 bits per heavy atom. The minimum Gasteiger partial charge on any atom is -0.489 e. The molecule has 0 amide bonds. The van der Waals surface area contributed by atoms with Gasteiger partial charge in [-0.15, -0.1) is 0 Å². The third-order valence-electron chi connectivity index (χ3n) is 5.94. The first-order valence-corrected chi connectivity index (χ1v) is 11.2.